The minimum atomic E-state index is -1.53. The third-order valence-corrected chi connectivity index (χ3v) is 6.03. The number of nitrogens with one attached hydrogen (secondary N) is 1. The first-order chi connectivity index (χ1) is 12.4. The van der Waals surface area contributed by atoms with Crippen LogP contribution in [0.4, 0.5) is 0 Å². The van der Waals surface area contributed by atoms with Crippen LogP contribution in [0.25, 0.3) is 0 Å². The van der Waals surface area contributed by atoms with E-state index in [1.807, 2.05) is 6.26 Å². The molecule has 2 fully saturated rings. The second kappa shape index (κ2) is 6.92. The number of carbonyl (C=O) groups is 3. The van der Waals surface area contributed by atoms with Crippen LogP contribution in [0.15, 0.2) is 24.3 Å². The summed E-state index contributed by atoms with van der Waals surface area (Å²) in [6, 6.07) is 5.79. The number of imide groups is 1. The van der Waals surface area contributed by atoms with E-state index in [1.165, 1.54) is 17.8 Å². The monoisotopic (exact) mass is 378 g/mol. The molecule has 0 radical (unpaired) electrons. The highest BCUT2D eigenvalue weighted by molar-refractivity contribution is 7.98. The summed E-state index contributed by atoms with van der Waals surface area (Å²) in [6.07, 6.45) is 2.08. The van der Waals surface area contributed by atoms with Crippen LogP contribution in [-0.2, 0) is 14.4 Å². The van der Waals surface area contributed by atoms with Gasteiger partial charge in [0.15, 0.2) is 0 Å². The van der Waals surface area contributed by atoms with E-state index in [1.54, 1.807) is 25.1 Å². The van der Waals surface area contributed by atoms with E-state index in [0.717, 1.165) is 4.90 Å². The van der Waals surface area contributed by atoms with Crippen molar-refractivity contribution in [2.24, 2.45) is 11.8 Å². The Morgan fingerprint density at radius 3 is 2.58 bits per heavy atom. The standard InChI is InChI=1S/C18H22N2O5S/c1-3-20-15(22)12-13(16(20)23)18(17(24)25,8-9-26-2)19-14(12)10-6-4-5-7-11(10)21/h4-7,12-14,19,21H,3,8-9H2,1-2H3,(H,24,25). The van der Waals surface area contributed by atoms with Crippen molar-refractivity contribution in [3.05, 3.63) is 29.8 Å². The number of carbonyl (C=O) groups excluding carboxylic acids is 2. The highest BCUT2D eigenvalue weighted by Gasteiger charge is 2.68. The van der Waals surface area contributed by atoms with Crippen LogP contribution in [0.2, 0.25) is 0 Å². The molecule has 2 heterocycles. The molecule has 1 aromatic rings. The number of para-hydroxylation sites is 1. The maximum absolute atomic E-state index is 12.9. The Morgan fingerprint density at radius 2 is 2.00 bits per heavy atom. The number of carboxylic acid groups (broad SMARTS) is 1. The molecule has 0 spiro atoms. The number of amides is 2. The van der Waals surface area contributed by atoms with Gasteiger partial charge in [0.25, 0.3) is 0 Å². The third kappa shape index (κ3) is 2.59. The number of hydrogen-bond acceptors (Lipinski definition) is 6. The molecule has 2 saturated heterocycles. The second-order valence-corrected chi connectivity index (χ2v) is 7.61. The van der Waals surface area contributed by atoms with Crippen LogP contribution in [0.1, 0.15) is 24.9 Å². The molecule has 0 bridgehead atoms. The topological polar surface area (TPSA) is 107 Å². The predicted octanol–water partition coefficient (Wildman–Crippen LogP) is 1.23. The first-order valence-corrected chi connectivity index (χ1v) is 9.91. The largest absolute Gasteiger partial charge is 0.508 e. The van der Waals surface area contributed by atoms with Crippen molar-refractivity contribution >= 4 is 29.5 Å². The van der Waals surface area contributed by atoms with Gasteiger partial charge in [-0.2, -0.15) is 11.8 Å². The normalized spacial score (nSPS) is 30.7. The van der Waals surface area contributed by atoms with Crippen molar-refractivity contribution < 1.29 is 24.6 Å². The summed E-state index contributed by atoms with van der Waals surface area (Å²) in [4.78, 5) is 39.2. The number of nitrogens with zero attached hydrogens (tertiary/aromatic N) is 1. The van der Waals surface area contributed by atoms with Crippen molar-refractivity contribution in [2.45, 2.75) is 24.9 Å². The van der Waals surface area contributed by atoms with E-state index in [9.17, 15) is 24.6 Å². The van der Waals surface area contributed by atoms with Gasteiger partial charge in [-0.25, -0.2) is 0 Å². The number of phenolic OH excluding ortho intramolecular Hbond substituents is 1. The molecule has 0 aliphatic carbocycles. The minimum Gasteiger partial charge on any atom is -0.508 e. The molecule has 2 aliphatic heterocycles. The molecule has 2 aliphatic rings. The Hall–Kier alpha value is -2.06. The quantitative estimate of drug-likeness (QED) is 0.639. The molecular formula is C18H22N2O5S. The number of benzene rings is 1. The third-order valence-electron chi connectivity index (χ3n) is 5.42. The number of phenols is 1. The SMILES string of the molecule is CCN1C(=O)C2C(c3ccccc3O)NC(CCSC)(C(=O)O)C2C1=O. The summed E-state index contributed by atoms with van der Waals surface area (Å²) in [6.45, 7) is 1.90. The Balaban J connectivity index is 2.14. The van der Waals surface area contributed by atoms with Crippen molar-refractivity contribution in [3.63, 3.8) is 0 Å². The van der Waals surface area contributed by atoms with Crippen LogP contribution in [0.5, 0.6) is 5.75 Å². The number of thioether (sulfide) groups is 1. The first kappa shape index (κ1) is 18.7. The van der Waals surface area contributed by atoms with E-state index in [4.69, 9.17) is 0 Å². The number of hydrogen-bond donors (Lipinski definition) is 3. The molecule has 3 N–H and O–H groups in total. The fourth-order valence-electron chi connectivity index (χ4n) is 4.19. The lowest BCUT2D eigenvalue weighted by Crippen LogP contribution is -2.56. The van der Waals surface area contributed by atoms with Crippen molar-refractivity contribution in [2.75, 3.05) is 18.6 Å². The summed E-state index contributed by atoms with van der Waals surface area (Å²) in [5.41, 5.74) is -1.09. The van der Waals surface area contributed by atoms with Crippen LogP contribution < -0.4 is 5.32 Å². The van der Waals surface area contributed by atoms with Gasteiger partial charge in [0.2, 0.25) is 11.8 Å². The van der Waals surface area contributed by atoms with Crippen LogP contribution in [0, 0.1) is 11.8 Å². The lowest BCUT2D eigenvalue weighted by Gasteiger charge is -2.31. The van der Waals surface area contributed by atoms with Crippen LogP contribution >= 0.6 is 11.8 Å². The molecular weight excluding hydrogens is 356 g/mol. The highest BCUT2D eigenvalue weighted by Crippen LogP contribution is 2.51. The number of aromatic hydroxyl groups is 1. The predicted molar refractivity (Wildman–Crippen MR) is 96.7 cm³/mol. The molecule has 1 aromatic carbocycles. The molecule has 140 valence electrons. The van der Waals surface area contributed by atoms with Gasteiger partial charge in [-0.1, -0.05) is 18.2 Å². The summed E-state index contributed by atoms with van der Waals surface area (Å²) in [5.74, 6) is -3.28. The van der Waals surface area contributed by atoms with Crippen LogP contribution in [0.3, 0.4) is 0 Å². The molecule has 4 atom stereocenters. The average Bonchev–Trinajstić information content (AvgIpc) is 3.08. The maximum Gasteiger partial charge on any atom is 0.324 e. The van der Waals surface area contributed by atoms with Crippen LogP contribution in [-0.4, -0.2) is 57.0 Å². The fraction of sp³-hybridized carbons (Fsp3) is 0.500. The van der Waals surface area contributed by atoms with Crippen molar-refractivity contribution in [1.29, 1.82) is 0 Å². The van der Waals surface area contributed by atoms with Gasteiger partial charge >= 0.3 is 5.97 Å². The molecule has 26 heavy (non-hydrogen) atoms. The first-order valence-electron chi connectivity index (χ1n) is 8.52. The molecule has 0 aromatic heterocycles. The van der Waals surface area contributed by atoms with Crippen molar-refractivity contribution in [3.8, 4) is 5.75 Å². The lowest BCUT2D eigenvalue weighted by molar-refractivity contribution is -0.151. The van der Waals surface area contributed by atoms with Gasteiger partial charge in [0, 0.05) is 18.2 Å². The molecule has 2 amide bonds. The van der Waals surface area contributed by atoms with Gasteiger partial charge in [0.05, 0.1) is 11.8 Å². The van der Waals surface area contributed by atoms with E-state index in [0.29, 0.717) is 11.3 Å². The van der Waals surface area contributed by atoms with E-state index in [-0.39, 0.29) is 24.6 Å². The second-order valence-electron chi connectivity index (χ2n) is 6.62. The van der Waals surface area contributed by atoms with Crippen molar-refractivity contribution in [1.82, 2.24) is 10.2 Å². The number of likely N-dealkylation sites (tertiary alicyclic amines) is 1. The van der Waals surface area contributed by atoms with E-state index in [2.05, 4.69) is 5.32 Å². The van der Waals surface area contributed by atoms with Gasteiger partial charge in [-0.3, -0.25) is 24.6 Å². The highest BCUT2D eigenvalue weighted by atomic mass is 32.2. The van der Waals surface area contributed by atoms with E-state index >= 15 is 0 Å². The van der Waals surface area contributed by atoms with Gasteiger partial charge in [0.1, 0.15) is 11.3 Å². The number of aliphatic carboxylic acids is 1. The minimum absolute atomic E-state index is 0.0231. The summed E-state index contributed by atoms with van der Waals surface area (Å²) < 4.78 is 0. The Bertz CT molecular complexity index is 755. The smallest absolute Gasteiger partial charge is 0.324 e. The maximum atomic E-state index is 12.9. The molecule has 0 saturated carbocycles. The number of carboxylic acids is 1. The van der Waals surface area contributed by atoms with Gasteiger partial charge < -0.3 is 10.2 Å². The zero-order valence-electron chi connectivity index (χ0n) is 14.6. The zero-order chi connectivity index (χ0) is 19.1. The summed E-state index contributed by atoms with van der Waals surface area (Å²) in [5, 5.41) is 23.3. The van der Waals surface area contributed by atoms with Gasteiger partial charge in [-0.15, -0.1) is 0 Å². The lowest BCUT2D eigenvalue weighted by atomic mass is 9.78. The Morgan fingerprint density at radius 1 is 1.31 bits per heavy atom. The summed E-state index contributed by atoms with van der Waals surface area (Å²) >= 11 is 1.48. The van der Waals surface area contributed by atoms with Gasteiger partial charge in [-0.05, 0) is 31.4 Å². The molecule has 3 rings (SSSR count). The van der Waals surface area contributed by atoms with E-state index < -0.39 is 35.3 Å². The fourth-order valence-corrected chi connectivity index (χ4v) is 4.71. The number of rotatable bonds is 6. The zero-order valence-corrected chi connectivity index (χ0v) is 15.5. The molecule has 4 unspecified atom stereocenters. The summed E-state index contributed by atoms with van der Waals surface area (Å²) in [7, 11) is 0. The number of fused-ring (bicyclic) bond motifs is 1. The Labute approximate surface area is 155 Å². The molecule has 7 nitrogen and oxygen atoms in total. The molecule has 8 heteroatoms. The average molecular weight is 378 g/mol. The Kier molecular flexibility index (Phi) is 4.98.